The number of hydrogen-bond donors (Lipinski definition) is 0. The summed E-state index contributed by atoms with van der Waals surface area (Å²) in [6.45, 7) is 4.63. The van der Waals surface area contributed by atoms with E-state index in [0.717, 1.165) is 37.6 Å². The molecule has 0 aromatic heterocycles. The van der Waals surface area contributed by atoms with Gasteiger partial charge in [0.2, 0.25) is 0 Å². The van der Waals surface area contributed by atoms with Gasteiger partial charge in [-0.2, -0.15) is 0 Å². The summed E-state index contributed by atoms with van der Waals surface area (Å²) < 4.78 is 11.4. The molecule has 150 valence electrons. The van der Waals surface area contributed by atoms with E-state index in [4.69, 9.17) is 14.3 Å². The van der Waals surface area contributed by atoms with Crippen LogP contribution >= 0.6 is 0 Å². The molecule has 0 spiro atoms. The summed E-state index contributed by atoms with van der Waals surface area (Å²) in [6, 6.07) is 16.9. The SMILES string of the molecule is COC1=CC2=c3c(cccc3=CN(OCc3ccccc3)C2)C1N1CCOCC1. The van der Waals surface area contributed by atoms with Gasteiger partial charge in [0, 0.05) is 24.5 Å². The first-order chi connectivity index (χ1) is 14.3. The Labute approximate surface area is 171 Å². The maximum atomic E-state index is 6.09. The van der Waals surface area contributed by atoms with Crippen LogP contribution in [0.4, 0.5) is 0 Å². The fourth-order valence-corrected chi connectivity index (χ4v) is 4.46. The first-order valence-corrected chi connectivity index (χ1v) is 10.2. The van der Waals surface area contributed by atoms with E-state index in [9.17, 15) is 0 Å². The molecule has 1 atom stereocenters. The largest absolute Gasteiger partial charge is 0.499 e. The standard InChI is InChI=1S/C24H26N2O3/c1-27-22-14-20-16-26(29-17-18-6-3-2-4-7-18)15-19-8-5-9-21(23(19)20)24(22)25-10-12-28-13-11-25/h2-9,14-15,24H,10-13,16-17H2,1H3. The van der Waals surface area contributed by atoms with Crippen molar-refractivity contribution in [2.75, 3.05) is 40.0 Å². The third-order valence-corrected chi connectivity index (χ3v) is 5.83. The highest BCUT2D eigenvalue weighted by Crippen LogP contribution is 2.32. The van der Waals surface area contributed by atoms with Crippen molar-refractivity contribution in [2.24, 2.45) is 0 Å². The van der Waals surface area contributed by atoms with Gasteiger partial charge in [-0.1, -0.05) is 48.5 Å². The highest BCUT2D eigenvalue weighted by Gasteiger charge is 2.32. The van der Waals surface area contributed by atoms with Crippen LogP contribution in [0.5, 0.6) is 0 Å². The van der Waals surface area contributed by atoms with E-state index in [1.807, 2.05) is 23.3 Å². The molecular weight excluding hydrogens is 364 g/mol. The third-order valence-electron chi connectivity index (χ3n) is 5.83. The van der Waals surface area contributed by atoms with Crippen LogP contribution in [0.1, 0.15) is 17.2 Å². The summed E-state index contributed by atoms with van der Waals surface area (Å²) in [5.41, 5.74) is 3.72. The summed E-state index contributed by atoms with van der Waals surface area (Å²) >= 11 is 0. The molecule has 0 bridgehead atoms. The fourth-order valence-electron chi connectivity index (χ4n) is 4.46. The van der Waals surface area contributed by atoms with Crippen LogP contribution in [-0.4, -0.2) is 49.9 Å². The van der Waals surface area contributed by atoms with E-state index >= 15 is 0 Å². The molecule has 5 heteroatoms. The smallest absolute Gasteiger partial charge is 0.118 e. The van der Waals surface area contributed by atoms with Crippen molar-refractivity contribution in [1.29, 1.82) is 0 Å². The normalized spacial score (nSPS) is 21.3. The number of morpholine rings is 1. The Morgan fingerprint density at radius 1 is 1.03 bits per heavy atom. The van der Waals surface area contributed by atoms with E-state index in [2.05, 4.69) is 47.5 Å². The Bertz CT molecular complexity index is 1030. The van der Waals surface area contributed by atoms with Gasteiger partial charge in [-0.3, -0.25) is 14.8 Å². The molecule has 0 amide bonds. The molecule has 2 aliphatic heterocycles. The summed E-state index contributed by atoms with van der Waals surface area (Å²) in [4.78, 5) is 8.56. The van der Waals surface area contributed by atoms with Crippen LogP contribution in [0.25, 0.3) is 11.8 Å². The molecule has 2 aromatic carbocycles. The molecule has 5 nitrogen and oxygen atoms in total. The average molecular weight is 390 g/mol. The number of methoxy groups -OCH3 is 1. The monoisotopic (exact) mass is 390 g/mol. The van der Waals surface area contributed by atoms with Gasteiger partial charge in [0.05, 0.1) is 39.5 Å². The van der Waals surface area contributed by atoms with Gasteiger partial charge in [0.25, 0.3) is 0 Å². The number of benzene rings is 2. The summed E-state index contributed by atoms with van der Waals surface area (Å²) in [6.07, 6.45) is 4.32. The minimum Gasteiger partial charge on any atom is -0.499 e. The first-order valence-electron chi connectivity index (χ1n) is 10.2. The van der Waals surface area contributed by atoms with Crippen molar-refractivity contribution in [3.8, 4) is 0 Å². The van der Waals surface area contributed by atoms with Gasteiger partial charge >= 0.3 is 0 Å². The van der Waals surface area contributed by atoms with Gasteiger partial charge in [-0.15, -0.1) is 0 Å². The van der Waals surface area contributed by atoms with E-state index < -0.39 is 0 Å². The van der Waals surface area contributed by atoms with Crippen LogP contribution in [-0.2, 0) is 20.9 Å². The summed E-state index contributed by atoms with van der Waals surface area (Å²) in [7, 11) is 1.77. The molecule has 1 saturated heterocycles. The molecule has 0 N–H and O–H groups in total. The molecular formula is C24H26N2O3. The van der Waals surface area contributed by atoms with Crippen molar-refractivity contribution in [1.82, 2.24) is 9.96 Å². The van der Waals surface area contributed by atoms with Crippen molar-refractivity contribution in [3.63, 3.8) is 0 Å². The number of nitrogens with zero attached hydrogens (tertiary/aromatic N) is 2. The van der Waals surface area contributed by atoms with Crippen LogP contribution in [0.2, 0.25) is 0 Å². The topological polar surface area (TPSA) is 34.2 Å². The highest BCUT2D eigenvalue weighted by molar-refractivity contribution is 5.66. The first kappa shape index (κ1) is 18.4. The van der Waals surface area contributed by atoms with E-state index in [1.54, 1.807) is 7.11 Å². The van der Waals surface area contributed by atoms with Crippen LogP contribution < -0.4 is 10.4 Å². The molecule has 3 aliphatic rings. The summed E-state index contributed by atoms with van der Waals surface area (Å²) in [5, 5.41) is 4.46. The summed E-state index contributed by atoms with van der Waals surface area (Å²) in [5.74, 6) is 0.997. The number of hydroxylamine groups is 2. The molecule has 2 aromatic rings. The van der Waals surface area contributed by atoms with Gasteiger partial charge in [0.15, 0.2) is 0 Å². The van der Waals surface area contributed by atoms with Crippen molar-refractivity contribution in [3.05, 3.63) is 81.9 Å². The average Bonchev–Trinajstić information content (AvgIpc) is 2.79. The van der Waals surface area contributed by atoms with E-state index in [0.29, 0.717) is 13.2 Å². The zero-order valence-electron chi connectivity index (χ0n) is 16.7. The van der Waals surface area contributed by atoms with E-state index in [1.165, 1.54) is 21.6 Å². The second-order valence-corrected chi connectivity index (χ2v) is 7.60. The molecule has 5 rings (SSSR count). The predicted octanol–water partition coefficient (Wildman–Crippen LogP) is 1.94. The van der Waals surface area contributed by atoms with Crippen LogP contribution in [0.3, 0.4) is 0 Å². The Morgan fingerprint density at radius 3 is 2.66 bits per heavy atom. The van der Waals surface area contributed by atoms with Crippen LogP contribution in [0, 0.1) is 0 Å². The quantitative estimate of drug-likeness (QED) is 0.780. The van der Waals surface area contributed by atoms with Crippen molar-refractivity contribution < 1.29 is 14.3 Å². The second-order valence-electron chi connectivity index (χ2n) is 7.60. The maximum absolute atomic E-state index is 6.09. The lowest BCUT2D eigenvalue weighted by Crippen LogP contribution is -2.48. The highest BCUT2D eigenvalue weighted by atomic mass is 16.7. The zero-order chi connectivity index (χ0) is 19.6. The number of ether oxygens (including phenoxy) is 2. The van der Waals surface area contributed by atoms with Gasteiger partial charge in [0.1, 0.15) is 5.76 Å². The predicted molar refractivity (Wildman–Crippen MR) is 112 cm³/mol. The molecule has 0 saturated carbocycles. The lowest BCUT2D eigenvalue weighted by Gasteiger charge is -2.38. The molecule has 1 unspecified atom stereocenters. The minimum absolute atomic E-state index is 0.146. The Hall–Kier alpha value is -2.60. The van der Waals surface area contributed by atoms with Crippen molar-refractivity contribution >= 4 is 11.8 Å². The molecule has 2 heterocycles. The van der Waals surface area contributed by atoms with Crippen LogP contribution in [0.15, 0.2) is 60.4 Å². The van der Waals surface area contributed by atoms with Gasteiger partial charge < -0.3 is 9.47 Å². The van der Waals surface area contributed by atoms with Gasteiger partial charge in [-0.25, -0.2) is 0 Å². The Kier molecular flexibility index (Phi) is 5.10. The number of hydrogen-bond acceptors (Lipinski definition) is 5. The Morgan fingerprint density at radius 2 is 1.86 bits per heavy atom. The zero-order valence-corrected chi connectivity index (χ0v) is 16.7. The molecule has 1 fully saturated rings. The fraction of sp³-hybridized carbons (Fsp3) is 0.333. The molecule has 1 aliphatic carbocycles. The van der Waals surface area contributed by atoms with Gasteiger partial charge in [-0.05, 0) is 28.0 Å². The van der Waals surface area contributed by atoms with E-state index in [-0.39, 0.29) is 6.04 Å². The maximum Gasteiger partial charge on any atom is 0.118 e. The minimum atomic E-state index is 0.146. The Balaban J connectivity index is 1.49. The lowest BCUT2D eigenvalue weighted by molar-refractivity contribution is -0.107. The molecule has 29 heavy (non-hydrogen) atoms. The van der Waals surface area contributed by atoms with Crippen molar-refractivity contribution in [2.45, 2.75) is 12.6 Å². The molecule has 0 radical (unpaired) electrons. The third kappa shape index (κ3) is 3.57. The number of rotatable bonds is 5. The lowest BCUT2D eigenvalue weighted by atomic mass is 9.89. The second kappa shape index (κ2) is 8.03.